The third-order valence-electron chi connectivity index (χ3n) is 5.62. The lowest BCUT2D eigenvalue weighted by molar-refractivity contribution is 0.265. The zero-order chi connectivity index (χ0) is 17.4. The Kier molecular flexibility index (Phi) is 4.61. The molecule has 0 fully saturated rings. The van der Waals surface area contributed by atoms with E-state index in [1.54, 1.807) is 0 Å². The molecule has 1 rings (SSSR count). The molecule has 0 aliphatic carbocycles. The lowest BCUT2D eigenvalue weighted by Crippen LogP contribution is -2.37. The van der Waals surface area contributed by atoms with Crippen molar-refractivity contribution in [1.29, 1.82) is 0 Å². The Morgan fingerprint density at radius 2 is 0.818 bits per heavy atom. The highest BCUT2D eigenvalue weighted by Crippen LogP contribution is 2.44. The predicted molar refractivity (Wildman–Crippen MR) is 97.7 cm³/mol. The molecule has 22 heavy (non-hydrogen) atoms. The number of terminal acetylenes is 2. The summed E-state index contributed by atoms with van der Waals surface area (Å²) in [5.41, 5.74) is 1.70. The standard InChI is InChI=1S/C22H30/c1-11-21(9,19(3,4)5)17-13-15-18(16-14-17)22(10,12-2)20(6,7)8/h1-2,13-16H,3-10H3. The quantitative estimate of drug-likeness (QED) is 0.626. The molecule has 0 radical (unpaired) electrons. The van der Waals surface area contributed by atoms with Gasteiger partial charge < -0.3 is 0 Å². The Bertz CT molecular complexity index is 547. The molecular formula is C22H30. The topological polar surface area (TPSA) is 0 Å². The van der Waals surface area contributed by atoms with Crippen molar-refractivity contribution in [3.05, 3.63) is 35.4 Å². The van der Waals surface area contributed by atoms with E-state index < -0.39 is 0 Å². The monoisotopic (exact) mass is 294 g/mol. The van der Waals surface area contributed by atoms with Gasteiger partial charge in [0, 0.05) is 0 Å². The van der Waals surface area contributed by atoms with Crippen molar-refractivity contribution in [2.24, 2.45) is 10.8 Å². The highest BCUT2D eigenvalue weighted by Gasteiger charge is 2.40. The SMILES string of the molecule is C#CC(C)(c1ccc(C(C)(C#C)C(C)(C)C)cc1)C(C)(C)C. The van der Waals surface area contributed by atoms with E-state index in [0.29, 0.717) is 0 Å². The molecule has 2 unspecified atom stereocenters. The molecule has 0 aromatic heterocycles. The van der Waals surface area contributed by atoms with Crippen LogP contribution in [0.25, 0.3) is 0 Å². The first-order valence-electron chi connectivity index (χ1n) is 7.90. The lowest BCUT2D eigenvalue weighted by Gasteiger charge is -2.40. The van der Waals surface area contributed by atoms with Crippen molar-refractivity contribution < 1.29 is 0 Å². The summed E-state index contributed by atoms with van der Waals surface area (Å²) in [6, 6.07) is 8.56. The van der Waals surface area contributed by atoms with Crippen LogP contribution < -0.4 is 0 Å². The molecule has 0 heteroatoms. The molecule has 0 saturated heterocycles. The Hall–Kier alpha value is -1.66. The van der Waals surface area contributed by atoms with Gasteiger partial charge in [-0.3, -0.25) is 0 Å². The fourth-order valence-corrected chi connectivity index (χ4v) is 2.60. The lowest BCUT2D eigenvalue weighted by atomic mass is 9.62. The van der Waals surface area contributed by atoms with E-state index in [4.69, 9.17) is 12.8 Å². The van der Waals surface area contributed by atoms with Gasteiger partial charge in [-0.05, 0) is 35.8 Å². The number of benzene rings is 1. The van der Waals surface area contributed by atoms with Gasteiger partial charge in [0.25, 0.3) is 0 Å². The van der Waals surface area contributed by atoms with E-state index in [-0.39, 0.29) is 21.7 Å². The summed E-state index contributed by atoms with van der Waals surface area (Å²) in [5.74, 6) is 5.99. The summed E-state index contributed by atoms with van der Waals surface area (Å²) in [4.78, 5) is 0. The fraction of sp³-hybridized carbons (Fsp3) is 0.545. The number of rotatable bonds is 2. The third-order valence-corrected chi connectivity index (χ3v) is 5.62. The summed E-state index contributed by atoms with van der Waals surface area (Å²) in [5, 5.41) is 0. The van der Waals surface area contributed by atoms with Gasteiger partial charge in [-0.15, -0.1) is 12.8 Å². The minimum atomic E-state index is -0.306. The van der Waals surface area contributed by atoms with Crippen LogP contribution >= 0.6 is 0 Å². The van der Waals surface area contributed by atoms with Gasteiger partial charge in [-0.2, -0.15) is 0 Å². The van der Waals surface area contributed by atoms with Gasteiger partial charge in [-0.25, -0.2) is 0 Å². The minimum Gasteiger partial charge on any atom is -0.119 e. The van der Waals surface area contributed by atoms with E-state index in [0.717, 1.165) is 0 Å². The molecule has 0 nitrogen and oxygen atoms in total. The first kappa shape index (κ1) is 18.4. The maximum atomic E-state index is 5.86. The first-order valence-corrected chi connectivity index (χ1v) is 7.90. The third kappa shape index (κ3) is 2.80. The zero-order valence-corrected chi connectivity index (χ0v) is 15.5. The van der Waals surface area contributed by atoms with Crippen LogP contribution in [0.1, 0.15) is 66.5 Å². The maximum Gasteiger partial charge on any atom is 0.0580 e. The average Bonchev–Trinajstić information content (AvgIpc) is 2.43. The van der Waals surface area contributed by atoms with Crippen molar-refractivity contribution in [3.63, 3.8) is 0 Å². The molecule has 0 aliphatic heterocycles. The number of hydrogen-bond acceptors (Lipinski definition) is 0. The normalized spacial score (nSPS) is 17.7. The highest BCUT2D eigenvalue weighted by atomic mass is 14.4. The summed E-state index contributed by atoms with van der Waals surface area (Å²) in [6.07, 6.45) is 11.7. The van der Waals surface area contributed by atoms with Crippen LogP contribution in [-0.2, 0) is 10.8 Å². The Morgan fingerprint density at radius 1 is 0.591 bits per heavy atom. The van der Waals surface area contributed by atoms with E-state index in [2.05, 4.69) is 91.5 Å². The van der Waals surface area contributed by atoms with Crippen LogP contribution in [0.4, 0.5) is 0 Å². The molecule has 0 spiro atoms. The Balaban J connectivity index is 3.39. The Labute approximate surface area is 137 Å². The van der Waals surface area contributed by atoms with Crippen LogP contribution in [-0.4, -0.2) is 0 Å². The summed E-state index contributed by atoms with van der Waals surface area (Å²) < 4.78 is 0. The van der Waals surface area contributed by atoms with Gasteiger partial charge in [0.05, 0.1) is 10.8 Å². The molecule has 1 aromatic rings. The van der Waals surface area contributed by atoms with Crippen LogP contribution in [0, 0.1) is 35.5 Å². The molecular weight excluding hydrogens is 264 g/mol. The van der Waals surface area contributed by atoms with Crippen molar-refractivity contribution in [3.8, 4) is 24.7 Å². The van der Waals surface area contributed by atoms with Crippen LogP contribution in [0.2, 0.25) is 0 Å². The molecule has 0 N–H and O–H groups in total. The van der Waals surface area contributed by atoms with Crippen LogP contribution in [0.5, 0.6) is 0 Å². The van der Waals surface area contributed by atoms with Gasteiger partial charge in [-0.1, -0.05) is 77.6 Å². The summed E-state index contributed by atoms with van der Waals surface area (Å²) >= 11 is 0. The summed E-state index contributed by atoms with van der Waals surface area (Å²) in [7, 11) is 0. The van der Waals surface area contributed by atoms with Gasteiger partial charge >= 0.3 is 0 Å². The van der Waals surface area contributed by atoms with Crippen LogP contribution in [0.3, 0.4) is 0 Å². The predicted octanol–water partition coefficient (Wildman–Crippen LogP) is 5.56. The molecule has 118 valence electrons. The molecule has 0 heterocycles. The van der Waals surface area contributed by atoms with Crippen molar-refractivity contribution in [2.75, 3.05) is 0 Å². The van der Waals surface area contributed by atoms with Crippen molar-refractivity contribution in [1.82, 2.24) is 0 Å². The average molecular weight is 294 g/mol. The molecule has 0 saturated carbocycles. The maximum absolute atomic E-state index is 5.86. The molecule has 2 atom stereocenters. The van der Waals surface area contributed by atoms with E-state index in [9.17, 15) is 0 Å². The second-order valence-electron chi connectivity index (χ2n) is 8.62. The molecule has 1 aromatic carbocycles. The molecule has 0 bridgehead atoms. The van der Waals surface area contributed by atoms with E-state index >= 15 is 0 Å². The smallest absolute Gasteiger partial charge is 0.0580 e. The first-order chi connectivity index (χ1) is 9.83. The highest BCUT2D eigenvalue weighted by molar-refractivity contribution is 5.42. The number of hydrogen-bond donors (Lipinski definition) is 0. The van der Waals surface area contributed by atoms with Crippen molar-refractivity contribution >= 4 is 0 Å². The second-order valence-corrected chi connectivity index (χ2v) is 8.62. The van der Waals surface area contributed by atoms with Crippen molar-refractivity contribution in [2.45, 2.75) is 66.2 Å². The molecule has 0 aliphatic rings. The van der Waals surface area contributed by atoms with Gasteiger partial charge in [0.1, 0.15) is 0 Å². The second kappa shape index (κ2) is 5.52. The fourth-order valence-electron chi connectivity index (χ4n) is 2.60. The molecule has 0 amide bonds. The summed E-state index contributed by atoms with van der Waals surface area (Å²) in [6.45, 7) is 17.4. The van der Waals surface area contributed by atoms with E-state index in [1.807, 2.05) is 0 Å². The van der Waals surface area contributed by atoms with Gasteiger partial charge in [0.2, 0.25) is 0 Å². The Morgan fingerprint density at radius 3 is 0.955 bits per heavy atom. The van der Waals surface area contributed by atoms with Gasteiger partial charge in [0.15, 0.2) is 0 Å². The van der Waals surface area contributed by atoms with E-state index in [1.165, 1.54) is 11.1 Å². The van der Waals surface area contributed by atoms with Crippen LogP contribution in [0.15, 0.2) is 24.3 Å². The minimum absolute atomic E-state index is 0.0112. The zero-order valence-electron chi connectivity index (χ0n) is 15.5. The largest absolute Gasteiger partial charge is 0.119 e.